The van der Waals surface area contributed by atoms with Gasteiger partial charge in [-0.05, 0) is 26.0 Å². The molecule has 0 heterocycles. The Morgan fingerprint density at radius 2 is 1.90 bits per heavy atom. The number of nitrogens with one attached hydrogen (secondary N) is 1. The minimum Gasteiger partial charge on any atom is -0.480 e. The van der Waals surface area contributed by atoms with E-state index < -0.39 is 29.3 Å². The Morgan fingerprint density at radius 1 is 1.33 bits per heavy atom. The Balaban J connectivity index is 2.82. The molecule has 6 nitrogen and oxygen atoms in total. The number of urea groups is 1. The fraction of sp³-hybridized carbons (Fsp3) is 0.429. The number of benzene rings is 1. The summed E-state index contributed by atoms with van der Waals surface area (Å²) in [5, 5.41) is 11.4. The number of aliphatic carboxylic acids is 1. The number of aryl methyl sites for hydroxylation is 1. The second-order valence-electron chi connectivity index (χ2n) is 4.81. The van der Waals surface area contributed by atoms with E-state index in [4.69, 9.17) is 5.11 Å². The van der Waals surface area contributed by atoms with E-state index in [1.54, 1.807) is 37.4 Å². The summed E-state index contributed by atoms with van der Waals surface area (Å²) in [7, 11) is -1.05. The molecule has 0 aromatic heterocycles. The third-order valence-corrected chi connectivity index (χ3v) is 4.29. The third kappa shape index (κ3) is 5.55. The number of carbonyl (C=O) groups is 2. The highest BCUT2D eigenvalue weighted by molar-refractivity contribution is 7.84. The van der Waals surface area contributed by atoms with Gasteiger partial charge in [0.1, 0.15) is 6.54 Å². The number of hydrogen-bond donors (Lipinski definition) is 2. The number of carboxylic acids is 1. The summed E-state index contributed by atoms with van der Waals surface area (Å²) in [5.74, 6) is -1.10. The van der Waals surface area contributed by atoms with E-state index in [0.717, 1.165) is 10.5 Å². The quantitative estimate of drug-likeness (QED) is 0.830. The lowest BCUT2D eigenvalue weighted by Gasteiger charge is -2.22. The first-order chi connectivity index (χ1) is 9.81. The van der Waals surface area contributed by atoms with Crippen LogP contribution in [0.15, 0.2) is 24.3 Å². The zero-order chi connectivity index (χ0) is 16.0. The van der Waals surface area contributed by atoms with E-state index in [1.165, 1.54) is 0 Å². The first-order valence-corrected chi connectivity index (χ1v) is 8.09. The molecule has 2 N–H and O–H groups in total. The average molecular weight is 312 g/mol. The number of amides is 2. The summed E-state index contributed by atoms with van der Waals surface area (Å²) in [6.45, 7) is 3.45. The van der Waals surface area contributed by atoms with Gasteiger partial charge >= 0.3 is 12.0 Å². The van der Waals surface area contributed by atoms with Crippen LogP contribution in [0.25, 0.3) is 0 Å². The summed E-state index contributed by atoms with van der Waals surface area (Å²) in [5.41, 5.74) is 1.52. The Kier molecular flexibility index (Phi) is 6.36. The Hall–Kier alpha value is -1.89. The molecule has 2 unspecified atom stereocenters. The predicted octanol–water partition coefficient (Wildman–Crippen LogP) is 1.36. The molecule has 0 radical (unpaired) electrons. The van der Waals surface area contributed by atoms with Crippen molar-refractivity contribution in [3.8, 4) is 0 Å². The van der Waals surface area contributed by atoms with Crippen molar-refractivity contribution in [1.82, 2.24) is 5.32 Å². The molecule has 2 amide bonds. The molecule has 7 heteroatoms. The van der Waals surface area contributed by atoms with Gasteiger partial charge in [-0.15, -0.1) is 0 Å². The van der Waals surface area contributed by atoms with Gasteiger partial charge in [0.05, 0.1) is 0 Å². The van der Waals surface area contributed by atoms with Crippen LogP contribution in [0.1, 0.15) is 12.5 Å². The summed E-state index contributed by atoms with van der Waals surface area (Å²) in [6, 6.07) is 6.49. The van der Waals surface area contributed by atoms with Gasteiger partial charge in [-0.25, -0.2) is 4.79 Å². The van der Waals surface area contributed by atoms with Gasteiger partial charge in [0.25, 0.3) is 0 Å². The monoisotopic (exact) mass is 312 g/mol. The molecular weight excluding hydrogens is 292 g/mol. The van der Waals surface area contributed by atoms with Gasteiger partial charge < -0.3 is 10.4 Å². The Morgan fingerprint density at radius 3 is 2.38 bits per heavy atom. The van der Waals surface area contributed by atoms with Crippen molar-refractivity contribution in [1.29, 1.82) is 0 Å². The topological polar surface area (TPSA) is 86.7 Å². The summed E-state index contributed by atoms with van der Waals surface area (Å²) in [6.07, 6.45) is 1.56. The van der Waals surface area contributed by atoms with Crippen LogP contribution in [0.4, 0.5) is 10.5 Å². The fourth-order valence-corrected chi connectivity index (χ4v) is 1.90. The van der Waals surface area contributed by atoms with E-state index in [1.807, 2.05) is 6.92 Å². The number of nitrogens with zero attached hydrogens (tertiary/aromatic N) is 1. The zero-order valence-electron chi connectivity index (χ0n) is 12.3. The third-order valence-electron chi connectivity index (χ3n) is 2.99. The molecule has 1 rings (SSSR count). The van der Waals surface area contributed by atoms with E-state index in [0.29, 0.717) is 5.69 Å². The maximum absolute atomic E-state index is 12.1. The Labute approximate surface area is 126 Å². The van der Waals surface area contributed by atoms with Crippen LogP contribution < -0.4 is 10.2 Å². The summed E-state index contributed by atoms with van der Waals surface area (Å²) < 4.78 is 11.3. The molecule has 1 aromatic rings. The van der Waals surface area contributed by atoms with Gasteiger partial charge in [0, 0.05) is 34.5 Å². The molecule has 0 spiro atoms. The molecule has 0 aliphatic rings. The number of hydrogen-bond acceptors (Lipinski definition) is 3. The molecule has 0 saturated carbocycles. The van der Waals surface area contributed by atoms with Crippen molar-refractivity contribution in [3.63, 3.8) is 0 Å². The molecule has 0 aliphatic heterocycles. The van der Waals surface area contributed by atoms with E-state index >= 15 is 0 Å². The molecule has 2 atom stereocenters. The fourth-order valence-electron chi connectivity index (χ4n) is 1.58. The minimum absolute atomic E-state index is 0.196. The maximum Gasteiger partial charge on any atom is 0.323 e. The van der Waals surface area contributed by atoms with E-state index in [-0.39, 0.29) is 11.8 Å². The number of carbonyl (C=O) groups excluding carboxylic acids is 1. The molecule has 1 aromatic carbocycles. The first kappa shape index (κ1) is 17.2. The van der Waals surface area contributed by atoms with E-state index in [2.05, 4.69) is 5.32 Å². The second-order valence-corrected chi connectivity index (χ2v) is 6.61. The van der Waals surface area contributed by atoms with E-state index in [9.17, 15) is 13.8 Å². The highest BCUT2D eigenvalue weighted by Gasteiger charge is 2.19. The molecular formula is C14H20N2O4S. The van der Waals surface area contributed by atoms with Crippen LogP contribution in [-0.4, -0.2) is 45.9 Å². The molecule has 0 saturated heterocycles. The SMILES string of the molecule is Cc1ccc(N(CC(=O)O)C(=O)NCC(C)S(C)=O)cc1. The first-order valence-electron chi connectivity index (χ1n) is 6.47. The van der Waals surface area contributed by atoms with Crippen LogP contribution in [0.3, 0.4) is 0 Å². The summed E-state index contributed by atoms with van der Waals surface area (Å²) in [4.78, 5) is 24.2. The molecule has 0 aliphatic carbocycles. The average Bonchev–Trinajstić information content (AvgIpc) is 2.42. The van der Waals surface area contributed by atoms with Crippen molar-refractivity contribution < 1.29 is 18.9 Å². The van der Waals surface area contributed by atoms with Crippen LogP contribution in [0.2, 0.25) is 0 Å². The molecule has 0 fully saturated rings. The largest absolute Gasteiger partial charge is 0.480 e. The standard InChI is InChI=1S/C14H20N2O4S/c1-10-4-6-12(7-5-10)16(9-13(17)18)14(19)15-8-11(2)21(3)20/h4-7,11H,8-9H2,1-3H3,(H,15,19)(H,17,18). The number of anilines is 1. The highest BCUT2D eigenvalue weighted by atomic mass is 32.2. The molecule has 0 bridgehead atoms. The lowest BCUT2D eigenvalue weighted by molar-refractivity contribution is -0.135. The van der Waals surface area contributed by atoms with Crippen molar-refractivity contribution in [2.45, 2.75) is 19.1 Å². The number of rotatable bonds is 6. The van der Waals surface area contributed by atoms with Crippen molar-refractivity contribution in [2.75, 3.05) is 24.2 Å². The van der Waals surface area contributed by atoms with Gasteiger partial charge in [0.2, 0.25) is 0 Å². The normalized spacial score (nSPS) is 13.3. The van der Waals surface area contributed by atoms with Crippen LogP contribution >= 0.6 is 0 Å². The van der Waals surface area contributed by atoms with Gasteiger partial charge in [0.15, 0.2) is 0 Å². The zero-order valence-corrected chi connectivity index (χ0v) is 13.1. The van der Waals surface area contributed by atoms with Crippen molar-refractivity contribution in [2.24, 2.45) is 0 Å². The maximum atomic E-state index is 12.1. The van der Waals surface area contributed by atoms with Gasteiger partial charge in [-0.1, -0.05) is 17.7 Å². The lowest BCUT2D eigenvalue weighted by Crippen LogP contribution is -2.45. The van der Waals surface area contributed by atoms with Crippen LogP contribution in [-0.2, 0) is 15.6 Å². The second kappa shape index (κ2) is 7.78. The highest BCUT2D eigenvalue weighted by Crippen LogP contribution is 2.15. The minimum atomic E-state index is -1.10. The van der Waals surface area contributed by atoms with Gasteiger partial charge in [-0.3, -0.25) is 13.9 Å². The molecule has 116 valence electrons. The predicted molar refractivity (Wildman–Crippen MR) is 83.1 cm³/mol. The van der Waals surface area contributed by atoms with Crippen LogP contribution in [0.5, 0.6) is 0 Å². The number of carboxylic acid groups (broad SMARTS) is 1. The van der Waals surface area contributed by atoms with Crippen LogP contribution in [0, 0.1) is 6.92 Å². The smallest absolute Gasteiger partial charge is 0.323 e. The van der Waals surface area contributed by atoms with Gasteiger partial charge in [-0.2, -0.15) is 0 Å². The molecule has 21 heavy (non-hydrogen) atoms. The summed E-state index contributed by atoms with van der Waals surface area (Å²) >= 11 is 0. The van der Waals surface area contributed by atoms with Crippen molar-refractivity contribution >= 4 is 28.5 Å². The lowest BCUT2D eigenvalue weighted by atomic mass is 10.2. The Bertz CT molecular complexity index is 530. The van der Waals surface area contributed by atoms with Crippen molar-refractivity contribution in [3.05, 3.63) is 29.8 Å².